The zero-order valence-corrected chi connectivity index (χ0v) is 7.64. The van der Waals surface area contributed by atoms with Gasteiger partial charge in [-0.25, -0.2) is 0 Å². The van der Waals surface area contributed by atoms with Crippen LogP contribution in [0.2, 0.25) is 0 Å². The fraction of sp³-hybridized carbons (Fsp3) is 0.250. The monoisotopic (exact) mass is 164 g/mol. The van der Waals surface area contributed by atoms with Crippen LogP contribution in [0.15, 0.2) is 12.1 Å². The van der Waals surface area contributed by atoms with Gasteiger partial charge in [0.2, 0.25) is 0 Å². The lowest BCUT2D eigenvalue weighted by atomic mass is 9.95. The van der Waals surface area contributed by atoms with Crippen molar-refractivity contribution >= 4 is 24.7 Å². The highest BCUT2D eigenvalue weighted by Crippen LogP contribution is 2.28. The fourth-order valence-corrected chi connectivity index (χ4v) is 1.21. The molecule has 0 heterocycles. The average Bonchev–Trinajstić information content (AvgIpc) is 2.03. The van der Waals surface area contributed by atoms with Crippen molar-refractivity contribution in [2.24, 2.45) is 0 Å². The van der Waals surface area contributed by atoms with E-state index in [1.165, 1.54) is 0 Å². The molecular formula is C8H13BN2O. The molecular weight excluding hydrogens is 151 g/mol. The molecule has 1 rings (SSSR count). The number of nitrogens with two attached hydrogens (primary N) is 1. The number of methoxy groups -OCH3 is 1. The second-order valence-electron chi connectivity index (χ2n) is 2.68. The Morgan fingerprint density at radius 1 is 1.50 bits per heavy atom. The number of nitrogen functional groups attached to an aromatic ring is 1. The number of ether oxygens (including phenoxy) is 1. The van der Waals surface area contributed by atoms with Crippen LogP contribution in [0.5, 0.6) is 5.75 Å². The summed E-state index contributed by atoms with van der Waals surface area (Å²) in [6.07, 6.45) is 0. The highest BCUT2D eigenvalue weighted by atomic mass is 16.5. The first kappa shape index (κ1) is 8.78. The number of hydrogen-bond acceptors (Lipinski definition) is 3. The molecule has 0 aliphatic rings. The Morgan fingerprint density at radius 2 is 2.17 bits per heavy atom. The van der Waals surface area contributed by atoms with Crippen molar-refractivity contribution in [1.29, 1.82) is 0 Å². The molecule has 4 heteroatoms. The first-order chi connectivity index (χ1) is 5.69. The van der Waals surface area contributed by atoms with Crippen LogP contribution in [0.1, 0.15) is 0 Å². The summed E-state index contributed by atoms with van der Waals surface area (Å²) in [6, 6.07) is 3.86. The Morgan fingerprint density at radius 3 is 2.67 bits per heavy atom. The molecule has 0 aromatic heterocycles. The number of benzene rings is 1. The zero-order chi connectivity index (χ0) is 9.14. The number of anilines is 2. The maximum Gasteiger partial charge on any atom is 0.143 e. The molecule has 64 valence electrons. The van der Waals surface area contributed by atoms with Gasteiger partial charge >= 0.3 is 0 Å². The van der Waals surface area contributed by atoms with E-state index in [1.54, 1.807) is 7.11 Å². The molecule has 12 heavy (non-hydrogen) atoms. The van der Waals surface area contributed by atoms with E-state index in [1.807, 2.05) is 27.0 Å². The summed E-state index contributed by atoms with van der Waals surface area (Å²) in [4.78, 5) is 0. The molecule has 0 saturated carbocycles. The zero-order valence-electron chi connectivity index (χ0n) is 7.64. The molecule has 0 bridgehead atoms. The summed E-state index contributed by atoms with van der Waals surface area (Å²) in [5.74, 6) is 0.787. The van der Waals surface area contributed by atoms with Crippen LogP contribution >= 0.6 is 0 Å². The Balaban J connectivity index is 3.24. The maximum atomic E-state index is 5.77. The first-order valence-corrected chi connectivity index (χ1v) is 3.81. The molecule has 0 aliphatic heterocycles. The molecule has 0 aliphatic carbocycles. The molecule has 3 nitrogen and oxygen atoms in total. The van der Waals surface area contributed by atoms with Gasteiger partial charge in [-0.3, -0.25) is 0 Å². The van der Waals surface area contributed by atoms with Crippen molar-refractivity contribution < 1.29 is 4.74 Å². The van der Waals surface area contributed by atoms with E-state index in [2.05, 4.69) is 5.32 Å². The molecule has 0 unspecified atom stereocenters. The number of rotatable bonds is 2. The molecule has 3 N–H and O–H groups in total. The van der Waals surface area contributed by atoms with Crippen molar-refractivity contribution in [2.75, 3.05) is 25.2 Å². The van der Waals surface area contributed by atoms with Crippen LogP contribution < -0.4 is 21.3 Å². The van der Waals surface area contributed by atoms with Gasteiger partial charge in [-0.15, -0.1) is 0 Å². The van der Waals surface area contributed by atoms with Crippen molar-refractivity contribution in [2.45, 2.75) is 0 Å². The largest absolute Gasteiger partial charge is 0.495 e. The predicted octanol–water partition coefficient (Wildman–Crippen LogP) is -0.423. The summed E-state index contributed by atoms with van der Waals surface area (Å²) in [5.41, 5.74) is 8.43. The molecule has 0 radical (unpaired) electrons. The topological polar surface area (TPSA) is 47.3 Å². The second kappa shape index (κ2) is 3.39. The average molecular weight is 164 g/mol. The minimum atomic E-state index is 0.717. The second-order valence-corrected chi connectivity index (χ2v) is 2.68. The minimum Gasteiger partial charge on any atom is -0.495 e. The summed E-state index contributed by atoms with van der Waals surface area (Å²) >= 11 is 0. The van der Waals surface area contributed by atoms with Gasteiger partial charge in [0.05, 0.1) is 18.5 Å². The predicted molar refractivity (Wildman–Crippen MR) is 55.1 cm³/mol. The van der Waals surface area contributed by atoms with Gasteiger partial charge in [0.1, 0.15) is 13.6 Å². The third-order valence-electron chi connectivity index (χ3n) is 1.75. The molecule has 0 spiro atoms. The SMILES string of the molecule is Bc1cc(N)c(NC)c(OC)c1. The minimum absolute atomic E-state index is 0.717. The van der Waals surface area contributed by atoms with Gasteiger partial charge < -0.3 is 15.8 Å². The van der Waals surface area contributed by atoms with E-state index in [9.17, 15) is 0 Å². The quantitative estimate of drug-likeness (QED) is 0.460. The van der Waals surface area contributed by atoms with E-state index < -0.39 is 0 Å². The van der Waals surface area contributed by atoms with Gasteiger partial charge in [-0.05, 0) is 12.1 Å². The van der Waals surface area contributed by atoms with E-state index in [0.717, 1.165) is 16.9 Å². The summed E-state index contributed by atoms with van der Waals surface area (Å²) in [6.45, 7) is 0. The molecule has 0 saturated heterocycles. The van der Waals surface area contributed by atoms with Gasteiger partial charge in [0.15, 0.2) is 0 Å². The standard InChI is InChI=1S/C8H13BN2O/c1-11-8-6(10)3-5(9)4-7(8)12-2/h3-4,11H,9-10H2,1-2H3. The van der Waals surface area contributed by atoms with Crippen molar-refractivity contribution in [3.05, 3.63) is 12.1 Å². The Kier molecular flexibility index (Phi) is 2.48. The molecule has 0 amide bonds. The maximum absolute atomic E-state index is 5.77. The van der Waals surface area contributed by atoms with Crippen molar-refractivity contribution in [3.63, 3.8) is 0 Å². The lowest BCUT2D eigenvalue weighted by Gasteiger charge is -2.11. The van der Waals surface area contributed by atoms with Gasteiger partial charge in [0.25, 0.3) is 0 Å². The molecule has 1 aromatic rings. The van der Waals surface area contributed by atoms with E-state index in [0.29, 0.717) is 5.69 Å². The Bertz CT molecular complexity index is 289. The van der Waals surface area contributed by atoms with E-state index in [4.69, 9.17) is 10.5 Å². The summed E-state index contributed by atoms with van der Waals surface area (Å²) < 4.78 is 5.16. The highest BCUT2D eigenvalue weighted by molar-refractivity contribution is 6.33. The van der Waals surface area contributed by atoms with Crippen LogP contribution in [0.3, 0.4) is 0 Å². The fourth-order valence-electron chi connectivity index (χ4n) is 1.21. The third-order valence-corrected chi connectivity index (χ3v) is 1.75. The van der Waals surface area contributed by atoms with Crippen LogP contribution in [0.4, 0.5) is 11.4 Å². The smallest absolute Gasteiger partial charge is 0.143 e. The van der Waals surface area contributed by atoms with Gasteiger partial charge in [-0.1, -0.05) is 5.46 Å². The van der Waals surface area contributed by atoms with Crippen LogP contribution in [0, 0.1) is 0 Å². The first-order valence-electron chi connectivity index (χ1n) is 3.81. The lowest BCUT2D eigenvalue weighted by Crippen LogP contribution is -2.08. The summed E-state index contributed by atoms with van der Waals surface area (Å²) in [5, 5.41) is 2.99. The molecule has 1 aromatic carbocycles. The van der Waals surface area contributed by atoms with Gasteiger partial charge in [-0.2, -0.15) is 0 Å². The Labute approximate surface area is 73.3 Å². The molecule has 0 atom stereocenters. The van der Waals surface area contributed by atoms with E-state index >= 15 is 0 Å². The normalized spacial score (nSPS) is 9.50. The third kappa shape index (κ3) is 1.47. The van der Waals surface area contributed by atoms with Crippen molar-refractivity contribution in [3.8, 4) is 5.75 Å². The van der Waals surface area contributed by atoms with E-state index in [-0.39, 0.29) is 0 Å². The van der Waals surface area contributed by atoms with Gasteiger partial charge in [0, 0.05) is 7.05 Å². The highest BCUT2D eigenvalue weighted by Gasteiger charge is 2.04. The van der Waals surface area contributed by atoms with Crippen LogP contribution in [0.25, 0.3) is 0 Å². The van der Waals surface area contributed by atoms with Crippen molar-refractivity contribution in [1.82, 2.24) is 0 Å². The number of hydrogen-bond donors (Lipinski definition) is 2. The molecule has 0 fully saturated rings. The lowest BCUT2D eigenvalue weighted by molar-refractivity contribution is 0.417. The van der Waals surface area contributed by atoms with Crippen LogP contribution in [-0.2, 0) is 0 Å². The summed E-state index contributed by atoms with van der Waals surface area (Å²) in [7, 11) is 5.44. The Hall–Kier alpha value is -1.32. The van der Waals surface area contributed by atoms with Crippen LogP contribution in [-0.4, -0.2) is 22.0 Å². The number of nitrogens with one attached hydrogen (secondary N) is 1.